The molecule has 2 aliphatic rings. The molecule has 0 spiro atoms. The van der Waals surface area contributed by atoms with Gasteiger partial charge in [-0.2, -0.15) is 0 Å². The van der Waals surface area contributed by atoms with Crippen molar-refractivity contribution in [1.82, 2.24) is 15.5 Å². The van der Waals surface area contributed by atoms with Crippen LogP contribution in [0.25, 0.3) is 0 Å². The number of hydrogen-bond donors (Lipinski definition) is 2. The SMILES string of the molecule is CC1(C)C(=O)NCCN1C(=O)CC1CCNCC1.Cl. The molecule has 2 aliphatic heterocycles. The van der Waals surface area contributed by atoms with Gasteiger partial charge in [0, 0.05) is 19.5 Å². The standard InChI is InChI=1S/C13H23N3O2.ClH/c1-13(2)12(18)15-7-8-16(13)11(17)9-10-3-5-14-6-4-10;/h10,14H,3-9H2,1-2H3,(H,15,18);1H. The van der Waals surface area contributed by atoms with E-state index in [2.05, 4.69) is 10.6 Å². The van der Waals surface area contributed by atoms with Gasteiger partial charge in [-0.25, -0.2) is 0 Å². The molecule has 0 aliphatic carbocycles. The first-order valence-electron chi connectivity index (χ1n) is 6.81. The first-order chi connectivity index (χ1) is 8.51. The molecule has 0 saturated carbocycles. The predicted molar refractivity (Wildman–Crippen MR) is 76.3 cm³/mol. The first-order valence-corrected chi connectivity index (χ1v) is 6.81. The van der Waals surface area contributed by atoms with Crippen LogP contribution in [0.1, 0.15) is 33.1 Å². The Hall–Kier alpha value is -0.810. The topological polar surface area (TPSA) is 61.4 Å². The molecule has 6 heteroatoms. The Morgan fingerprint density at radius 1 is 1.32 bits per heavy atom. The van der Waals surface area contributed by atoms with Crippen LogP contribution in [0, 0.1) is 5.92 Å². The Bertz CT molecular complexity index is 341. The first kappa shape index (κ1) is 16.2. The van der Waals surface area contributed by atoms with E-state index in [4.69, 9.17) is 0 Å². The number of nitrogens with zero attached hydrogens (tertiary/aromatic N) is 1. The number of halogens is 1. The Labute approximate surface area is 120 Å². The van der Waals surface area contributed by atoms with E-state index < -0.39 is 5.54 Å². The molecule has 2 amide bonds. The zero-order valence-corrected chi connectivity index (χ0v) is 12.5. The molecule has 0 atom stereocenters. The summed E-state index contributed by atoms with van der Waals surface area (Å²) in [6.45, 7) is 6.84. The summed E-state index contributed by atoms with van der Waals surface area (Å²) in [6.07, 6.45) is 2.71. The summed E-state index contributed by atoms with van der Waals surface area (Å²) in [5, 5.41) is 6.12. The molecule has 0 unspecified atom stereocenters. The minimum atomic E-state index is -0.706. The second kappa shape index (κ2) is 6.57. The summed E-state index contributed by atoms with van der Waals surface area (Å²) >= 11 is 0. The van der Waals surface area contributed by atoms with Crippen molar-refractivity contribution in [3.63, 3.8) is 0 Å². The molecule has 19 heavy (non-hydrogen) atoms. The van der Waals surface area contributed by atoms with Gasteiger partial charge >= 0.3 is 0 Å². The quantitative estimate of drug-likeness (QED) is 0.780. The van der Waals surface area contributed by atoms with E-state index in [1.807, 2.05) is 13.8 Å². The molecule has 110 valence electrons. The molecule has 5 nitrogen and oxygen atoms in total. The molecule has 2 N–H and O–H groups in total. The van der Waals surface area contributed by atoms with Crippen LogP contribution in [0.15, 0.2) is 0 Å². The Morgan fingerprint density at radius 3 is 2.58 bits per heavy atom. The van der Waals surface area contributed by atoms with Gasteiger partial charge in [-0.3, -0.25) is 9.59 Å². The van der Waals surface area contributed by atoms with E-state index in [1.165, 1.54) is 0 Å². The third-order valence-electron chi connectivity index (χ3n) is 4.07. The molecular weight excluding hydrogens is 266 g/mol. The Morgan fingerprint density at radius 2 is 1.95 bits per heavy atom. The van der Waals surface area contributed by atoms with Crippen LogP contribution < -0.4 is 10.6 Å². The molecule has 0 aromatic heterocycles. The number of piperidine rings is 1. The van der Waals surface area contributed by atoms with Gasteiger partial charge in [-0.15, -0.1) is 12.4 Å². The maximum atomic E-state index is 12.4. The van der Waals surface area contributed by atoms with Crippen LogP contribution in [0.4, 0.5) is 0 Å². The van der Waals surface area contributed by atoms with Crippen LogP contribution in [0.2, 0.25) is 0 Å². The summed E-state index contributed by atoms with van der Waals surface area (Å²) in [4.78, 5) is 25.9. The molecule has 0 aromatic carbocycles. The van der Waals surface area contributed by atoms with Crippen molar-refractivity contribution in [1.29, 1.82) is 0 Å². The summed E-state index contributed by atoms with van der Waals surface area (Å²) in [6, 6.07) is 0. The minimum absolute atomic E-state index is 0. The van der Waals surface area contributed by atoms with E-state index in [9.17, 15) is 9.59 Å². The summed E-state index contributed by atoms with van der Waals surface area (Å²) in [7, 11) is 0. The van der Waals surface area contributed by atoms with E-state index in [-0.39, 0.29) is 24.2 Å². The molecule has 0 aromatic rings. The highest BCUT2D eigenvalue weighted by Gasteiger charge is 2.40. The van der Waals surface area contributed by atoms with E-state index in [0.717, 1.165) is 25.9 Å². The number of carbonyl (C=O) groups excluding carboxylic acids is 2. The lowest BCUT2D eigenvalue weighted by Crippen LogP contribution is -2.63. The number of amides is 2. The fourth-order valence-corrected chi connectivity index (χ4v) is 2.78. The van der Waals surface area contributed by atoms with Gasteiger partial charge in [-0.05, 0) is 45.7 Å². The van der Waals surface area contributed by atoms with Crippen LogP contribution in [0.5, 0.6) is 0 Å². The Kier molecular flexibility index (Phi) is 5.62. The summed E-state index contributed by atoms with van der Waals surface area (Å²) in [5.74, 6) is 0.550. The second-order valence-electron chi connectivity index (χ2n) is 5.76. The van der Waals surface area contributed by atoms with E-state index in [0.29, 0.717) is 25.4 Å². The fourth-order valence-electron chi connectivity index (χ4n) is 2.78. The zero-order chi connectivity index (χ0) is 13.2. The van der Waals surface area contributed by atoms with E-state index in [1.54, 1.807) is 4.90 Å². The average Bonchev–Trinajstić information content (AvgIpc) is 2.33. The highest BCUT2D eigenvalue weighted by molar-refractivity contribution is 5.91. The summed E-state index contributed by atoms with van der Waals surface area (Å²) < 4.78 is 0. The van der Waals surface area contributed by atoms with Crippen LogP contribution in [0.3, 0.4) is 0 Å². The third-order valence-corrected chi connectivity index (χ3v) is 4.07. The number of hydrogen-bond acceptors (Lipinski definition) is 3. The van der Waals surface area contributed by atoms with Crippen molar-refractivity contribution in [2.75, 3.05) is 26.2 Å². The van der Waals surface area contributed by atoms with Crippen LogP contribution in [-0.2, 0) is 9.59 Å². The molecule has 0 radical (unpaired) electrons. The highest BCUT2D eigenvalue weighted by atomic mass is 35.5. The smallest absolute Gasteiger partial charge is 0.245 e. The van der Waals surface area contributed by atoms with Crippen molar-refractivity contribution in [3.05, 3.63) is 0 Å². The molecule has 2 saturated heterocycles. The van der Waals surface area contributed by atoms with Gasteiger partial charge in [0.05, 0.1) is 0 Å². The molecular formula is C13H24ClN3O2. The van der Waals surface area contributed by atoms with Crippen LogP contribution in [-0.4, -0.2) is 48.4 Å². The lowest BCUT2D eigenvalue weighted by atomic mass is 9.92. The Balaban J connectivity index is 0.00000180. The van der Waals surface area contributed by atoms with Crippen molar-refractivity contribution >= 4 is 24.2 Å². The predicted octanol–water partition coefficient (Wildman–Crippen LogP) is 0.535. The second-order valence-corrected chi connectivity index (χ2v) is 5.76. The number of piperazine rings is 1. The summed E-state index contributed by atoms with van der Waals surface area (Å²) in [5.41, 5.74) is -0.706. The average molecular weight is 290 g/mol. The molecule has 0 bridgehead atoms. The zero-order valence-electron chi connectivity index (χ0n) is 11.7. The van der Waals surface area contributed by atoms with Crippen molar-refractivity contribution < 1.29 is 9.59 Å². The van der Waals surface area contributed by atoms with Gasteiger partial charge in [0.1, 0.15) is 5.54 Å². The van der Waals surface area contributed by atoms with Gasteiger partial charge in [0.25, 0.3) is 0 Å². The minimum Gasteiger partial charge on any atom is -0.352 e. The normalized spacial score (nSPS) is 23.5. The molecule has 2 fully saturated rings. The maximum absolute atomic E-state index is 12.4. The van der Waals surface area contributed by atoms with Gasteiger partial charge in [0.15, 0.2) is 0 Å². The fraction of sp³-hybridized carbons (Fsp3) is 0.846. The van der Waals surface area contributed by atoms with Crippen molar-refractivity contribution in [3.8, 4) is 0 Å². The highest BCUT2D eigenvalue weighted by Crippen LogP contribution is 2.23. The van der Waals surface area contributed by atoms with Crippen molar-refractivity contribution in [2.24, 2.45) is 5.92 Å². The molecule has 2 rings (SSSR count). The van der Waals surface area contributed by atoms with Gasteiger partial charge in [-0.1, -0.05) is 0 Å². The largest absolute Gasteiger partial charge is 0.352 e. The number of carbonyl (C=O) groups is 2. The lowest BCUT2D eigenvalue weighted by molar-refractivity contribution is -0.149. The lowest BCUT2D eigenvalue weighted by Gasteiger charge is -2.42. The number of nitrogens with one attached hydrogen (secondary N) is 2. The van der Waals surface area contributed by atoms with Crippen molar-refractivity contribution in [2.45, 2.75) is 38.6 Å². The monoisotopic (exact) mass is 289 g/mol. The van der Waals surface area contributed by atoms with Gasteiger partial charge in [0.2, 0.25) is 11.8 Å². The van der Waals surface area contributed by atoms with Gasteiger partial charge < -0.3 is 15.5 Å². The van der Waals surface area contributed by atoms with Crippen LogP contribution >= 0.6 is 12.4 Å². The maximum Gasteiger partial charge on any atom is 0.245 e. The van der Waals surface area contributed by atoms with E-state index >= 15 is 0 Å². The number of rotatable bonds is 2. The molecule has 2 heterocycles. The third kappa shape index (κ3) is 3.60.